The predicted molar refractivity (Wildman–Crippen MR) is 114 cm³/mol. The van der Waals surface area contributed by atoms with Gasteiger partial charge in [-0.15, -0.1) is 0 Å². The van der Waals surface area contributed by atoms with Gasteiger partial charge in [-0.1, -0.05) is 48.5 Å². The van der Waals surface area contributed by atoms with Crippen LogP contribution in [0.3, 0.4) is 0 Å². The Morgan fingerprint density at radius 1 is 0.862 bits per heavy atom. The zero-order chi connectivity index (χ0) is 20.5. The standard InChI is InChI=1S/C24H24N2O3/c1-2-25-24(28)21-13-6-7-14-22(21)26-23(27)19-11-8-12-20(17-19)29-16-15-18-9-4-3-5-10-18/h3-14,17H,2,15-16H2,1H3,(H,25,28)(H,26,27). The molecule has 0 bridgehead atoms. The van der Waals surface area contributed by atoms with Gasteiger partial charge in [-0.2, -0.15) is 0 Å². The largest absolute Gasteiger partial charge is 0.493 e. The maximum atomic E-state index is 12.7. The minimum atomic E-state index is -0.296. The van der Waals surface area contributed by atoms with Crippen LogP contribution in [0.1, 0.15) is 33.2 Å². The number of para-hydroxylation sites is 1. The minimum Gasteiger partial charge on any atom is -0.493 e. The van der Waals surface area contributed by atoms with E-state index in [1.54, 1.807) is 42.5 Å². The summed E-state index contributed by atoms with van der Waals surface area (Å²) in [5.74, 6) is 0.113. The van der Waals surface area contributed by atoms with Crippen molar-refractivity contribution in [1.29, 1.82) is 0 Å². The molecule has 0 saturated carbocycles. The first kappa shape index (κ1) is 20.1. The zero-order valence-electron chi connectivity index (χ0n) is 16.4. The van der Waals surface area contributed by atoms with Crippen molar-refractivity contribution in [3.05, 3.63) is 95.6 Å². The fourth-order valence-corrected chi connectivity index (χ4v) is 2.90. The molecule has 0 radical (unpaired) electrons. The van der Waals surface area contributed by atoms with Crippen molar-refractivity contribution >= 4 is 17.5 Å². The van der Waals surface area contributed by atoms with Crippen molar-refractivity contribution in [2.45, 2.75) is 13.3 Å². The number of carbonyl (C=O) groups is 2. The summed E-state index contributed by atoms with van der Waals surface area (Å²) in [6.45, 7) is 2.89. The lowest BCUT2D eigenvalue weighted by Crippen LogP contribution is -2.24. The van der Waals surface area contributed by atoms with E-state index in [1.165, 1.54) is 5.56 Å². The number of hydrogen-bond acceptors (Lipinski definition) is 3. The molecule has 3 rings (SSSR count). The highest BCUT2D eigenvalue weighted by Gasteiger charge is 2.14. The average Bonchev–Trinajstić information content (AvgIpc) is 2.75. The van der Waals surface area contributed by atoms with Crippen molar-refractivity contribution < 1.29 is 14.3 Å². The molecule has 3 aromatic carbocycles. The van der Waals surface area contributed by atoms with Crippen LogP contribution in [0.2, 0.25) is 0 Å². The Bertz CT molecular complexity index is 971. The van der Waals surface area contributed by atoms with Crippen LogP contribution in [0.4, 0.5) is 5.69 Å². The first-order chi connectivity index (χ1) is 14.2. The lowest BCUT2D eigenvalue weighted by Gasteiger charge is -2.12. The summed E-state index contributed by atoms with van der Waals surface area (Å²) < 4.78 is 5.80. The fourth-order valence-electron chi connectivity index (χ4n) is 2.90. The summed E-state index contributed by atoms with van der Waals surface area (Å²) >= 11 is 0. The van der Waals surface area contributed by atoms with E-state index in [2.05, 4.69) is 22.8 Å². The van der Waals surface area contributed by atoms with Crippen LogP contribution in [-0.2, 0) is 6.42 Å². The van der Waals surface area contributed by atoms with Crippen molar-refractivity contribution in [2.75, 3.05) is 18.5 Å². The molecule has 0 saturated heterocycles. The molecule has 0 aliphatic heterocycles. The van der Waals surface area contributed by atoms with Gasteiger partial charge in [-0.25, -0.2) is 0 Å². The van der Waals surface area contributed by atoms with Crippen LogP contribution >= 0.6 is 0 Å². The van der Waals surface area contributed by atoms with Crippen LogP contribution < -0.4 is 15.4 Å². The molecule has 0 aliphatic rings. The molecule has 0 heterocycles. The lowest BCUT2D eigenvalue weighted by molar-refractivity contribution is 0.0956. The highest BCUT2D eigenvalue weighted by atomic mass is 16.5. The Morgan fingerprint density at radius 2 is 1.62 bits per heavy atom. The van der Waals surface area contributed by atoms with Crippen LogP contribution in [0.15, 0.2) is 78.9 Å². The molecule has 0 atom stereocenters. The first-order valence-corrected chi connectivity index (χ1v) is 9.62. The minimum absolute atomic E-state index is 0.221. The Hall–Kier alpha value is -3.60. The molecule has 0 aromatic heterocycles. The molecule has 0 fully saturated rings. The number of ether oxygens (including phenoxy) is 1. The van der Waals surface area contributed by atoms with Crippen molar-refractivity contribution in [1.82, 2.24) is 5.32 Å². The third-order valence-corrected chi connectivity index (χ3v) is 4.36. The van der Waals surface area contributed by atoms with E-state index in [0.29, 0.717) is 35.7 Å². The third kappa shape index (κ3) is 5.69. The molecule has 2 N–H and O–H groups in total. The SMILES string of the molecule is CCNC(=O)c1ccccc1NC(=O)c1cccc(OCCc2ccccc2)c1. The van der Waals surface area contributed by atoms with Gasteiger partial charge in [-0.3, -0.25) is 9.59 Å². The fraction of sp³-hybridized carbons (Fsp3) is 0.167. The van der Waals surface area contributed by atoms with Crippen LogP contribution in [0.5, 0.6) is 5.75 Å². The zero-order valence-corrected chi connectivity index (χ0v) is 16.4. The summed E-state index contributed by atoms with van der Waals surface area (Å²) in [4.78, 5) is 24.9. The molecular formula is C24H24N2O3. The first-order valence-electron chi connectivity index (χ1n) is 9.62. The molecule has 2 amide bonds. The second kappa shape index (κ2) is 10.1. The van der Waals surface area contributed by atoms with Crippen molar-refractivity contribution in [3.63, 3.8) is 0 Å². The highest BCUT2D eigenvalue weighted by molar-refractivity contribution is 6.09. The van der Waals surface area contributed by atoms with E-state index in [0.717, 1.165) is 6.42 Å². The molecule has 148 valence electrons. The number of anilines is 1. The second-order valence-corrected chi connectivity index (χ2v) is 6.47. The van der Waals surface area contributed by atoms with Crippen LogP contribution in [0.25, 0.3) is 0 Å². The molecule has 0 aliphatic carbocycles. The predicted octanol–water partition coefficient (Wildman–Crippen LogP) is 4.31. The van der Waals surface area contributed by atoms with Gasteiger partial charge < -0.3 is 15.4 Å². The summed E-state index contributed by atoms with van der Waals surface area (Å²) in [5.41, 5.74) is 2.56. The van der Waals surface area contributed by atoms with Gasteiger partial charge in [0.2, 0.25) is 0 Å². The quantitative estimate of drug-likeness (QED) is 0.604. The van der Waals surface area contributed by atoms with Gasteiger partial charge in [0.15, 0.2) is 0 Å². The van der Waals surface area contributed by atoms with Gasteiger partial charge in [0.1, 0.15) is 5.75 Å². The molecule has 5 nitrogen and oxygen atoms in total. The smallest absolute Gasteiger partial charge is 0.255 e. The number of carbonyl (C=O) groups excluding carboxylic acids is 2. The van der Waals surface area contributed by atoms with E-state index >= 15 is 0 Å². The highest BCUT2D eigenvalue weighted by Crippen LogP contribution is 2.19. The van der Waals surface area contributed by atoms with Crippen molar-refractivity contribution in [3.8, 4) is 5.75 Å². The van der Waals surface area contributed by atoms with E-state index in [4.69, 9.17) is 4.74 Å². The maximum Gasteiger partial charge on any atom is 0.255 e. The number of hydrogen-bond donors (Lipinski definition) is 2. The van der Waals surface area contributed by atoms with E-state index in [1.807, 2.05) is 31.2 Å². The molecular weight excluding hydrogens is 364 g/mol. The maximum absolute atomic E-state index is 12.7. The Kier molecular flexibility index (Phi) is 7.00. The van der Waals surface area contributed by atoms with E-state index < -0.39 is 0 Å². The van der Waals surface area contributed by atoms with Crippen molar-refractivity contribution in [2.24, 2.45) is 0 Å². The second-order valence-electron chi connectivity index (χ2n) is 6.47. The Labute approximate surface area is 170 Å². The third-order valence-electron chi connectivity index (χ3n) is 4.36. The monoisotopic (exact) mass is 388 g/mol. The van der Waals surface area contributed by atoms with Gasteiger partial charge >= 0.3 is 0 Å². The van der Waals surface area contributed by atoms with Gasteiger partial charge in [0.05, 0.1) is 17.9 Å². The molecule has 3 aromatic rings. The summed E-state index contributed by atoms with van der Waals surface area (Å²) in [6.07, 6.45) is 0.789. The van der Waals surface area contributed by atoms with Gasteiger partial charge in [0, 0.05) is 18.5 Å². The van der Waals surface area contributed by atoms with Crippen LogP contribution in [-0.4, -0.2) is 25.0 Å². The normalized spacial score (nSPS) is 10.2. The molecule has 5 heteroatoms. The topological polar surface area (TPSA) is 67.4 Å². The molecule has 0 spiro atoms. The number of nitrogens with one attached hydrogen (secondary N) is 2. The van der Waals surface area contributed by atoms with E-state index in [-0.39, 0.29) is 11.8 Å². The van der Waals surface area contributed by atoms with Gasteiger partial charge in [-0.05, 0) is 42.8 Å². The number of amides is 2. The molecule has 29 heavy (non-hydrogen) atoms. The summed E-state index contributed by atoms with van der Waals surface area (Å²) in [7, 11) is 0. The Balaban J connectivity index is 1.65. The number of rotatable bonds is 8. The van der Waals surface area contributed by atoms with E-state index in [9.17, 15) is 9.59 Å². The Morgan fingerprint density at radius 3 is 2.41 bits per heavy atom. The summed E-state index contributed by atoms with van der Waals surface area (Å²) in [6, 6.07) is 24.1. The number of benzene rings is 3. The van der Waals surface area contributed by atoms with Crippen LogP contribution in [0, 0.1) is 0 Å². The average molecular weight is 388 g/mol. The van der Waals surface area contributed by atoms with Gasteiger partial charge in [0.25, 0.3) is 11.8 Å². The lowest BCUT2D eigenvalue weighted by atomic mass is 10.1. The summed E-state index contributed by atoms with van der Waals surface area (Å²) in [5, 5.41) is 5.57. The molecule has 0 unspecified atom stereocenters.